The Labute approximate surface area is 143 Å². The zero-order valence-corrected chi connectivity index (χ0v) is 14.6. The van der Waals surface area contributed by atoms with Crippen molar-refractivity contribution in [1.82, 2.24) is 0 Å². The van der Waals surface area contributed by atoms with Crippen LogP contribution in [0.2, 0.25) is 0 Å². The molecule has 3 aliphatic rings. The molecular formula is C21H24O3. The lowest BCUT2D eigenvalue weighted by Gasteiger charge is -2.43. The van der Waals surface area contributed by atoms with Gasteiger partial charge in [0.1, 0.15) is 0 Å². The molecular weight excluding hydrogens is 300 g/mol. The van der Waals surface area contributed by atoms with Crippen LogP contribution in [0.5, 0.6) is 0 Å². The van der Waals surface area contributed by atoms with Gasteiger partial charge in [0.05, 0.1) is 11.7 Å². The Kier molecular flexibility index (Phi) is 3.37. The van der Waals surface area contributed by atoms with Crippen LogP contribution in [0, 0.1) is 11.3 Å². The molecule has 3 heteroatoms. The summed E-state index contributed by atoms with van der Waals surface area (Å²) >= 11 is 0. The van der Waals surface area contributed by atoms with Crippen LogP contribution in [0.15, 0.2) is 30.4 Å². The summed E-state index contributed by atoms with van der Waals surface area (Å²) in [5.41, 5.74) is 2.37. The molecule has 1 aromatic rings. The third-order valence-corrected chi connectivity index (χ3v) is 6.96. The molecule has 126 valence electrons. The molecule has 0 unspecified atom stereocenters. The second kappa shape index (κ2) is 5.13. The quantitative estimate of drug-likeness (QED) is 0.785. The molecule has 0 spiro atoms. The molecule has 4 atom stereocenters. The van der Waals surface area contributed by atoms with Gasteiger partial charge in [-0.1, -0.05) is 26.0 Å². The van der Waals surface area contributed by atoms with Crippen LogP contribution in [0.1, 0.15) is 66.3 Å². The number of rotatable bonds is 3. The lowest BCUT2D eigenvalue weighted by atomic mass is 9.60. The highest BCUT2D eigenvalue weighted by Crippen LogP contribution is 2.62. The molecule has 1 aliphatic heterocycles. The molecule has 24 heavy (non-hydrogen) atoms. The smallest absolute Gasteiger partial charge is 0.186 e. The number of carbonyl (C=O) groups excluding carboxylic acids is 2. The van der Waals surface area contributed by atoms with Crippen molar-refractivity contribution in [2.24, 2.45) is 11.3 Å². The molecule has 1 saturated carbocycles. The lowest BCUT2D eigenvalue weighted by Crippen LogP contribution is -2.44. The predicted molar refractivity (Wildman–Crippen MR) is 92.3 cm³/mol. The number of hydrogen-bond acceptors (Lipinski definition) is 3. The molecule has 0 bridgehead atoms. The number of hydrogen-bond donors (Lipinski definition) is 0. The minimum atomic E-state index is -0.0780. The maximum Gasteiger partial charge on any atom is 0.186 e. The van der Waals surface area contributed by atoms with Gasteiger partial charge in [-0.05, 0) is 62.3 Å². The van der Waals surface area contributed by atoms with Crippen LogP contribution in [-0.2, 0) is 11.2 Å². The number of aryl methyl sites for hydroxylation is 1. The number of epoxide rings is 1. The van der Waals surface area contributed by atoms with Gasteiger partial charge in [-0.3, -0.25) is 9.59 Å². The van der Waals surface area contributed by atoms with E-state index >= 15 is 0 Å². The summed E-state index contributed by atoms with van der Waals surface area (Å²) in [6.07, 6.45) is 7.51. The number of ether oxygens (including phenoxy) is 1. The largest absolute Gasteiger partial charge is 0.366 e. The van der Waals surface area contributed by atoms with Gasteiger partial charge >= 0.3 is 0 Å². The maximum atomic E-state index is 12.1. The van der Waals surface area contributed by atoms with Gasteiger partial charge in [0.15, 0.2) is 11.6 Å². The summed E-state index contributed by atoms with van der Waals surface area (Å²) in [6, 6.07) is 5.70. The highest BCUT2D eigenvalue weighted by molar-refractivity contribution is 6.22. The second-order valence-electron chi connectivity index (χ2n) is 8.05. The highest BCUT2D eigenvalue weighted by atomic mass is 16.6. The van der Waals surface area contributed by atoms with E-state index < -0.39 is 0 Å². The summed E-state index contributed by atoms with van der Waals surface area (Å²) in [6.45, 7) is 6.95. The SMILES string of the molecule is C[C@H]1CC[C@@H]2O[C@]2(C)[C@]1(C)CCc1ccc2c(c1)C(=O)C=CC2=O. The normalized spacial score (nSPS) is 37.1. The van der Waals surface area contributed by atoms with Gasteiger partial charge < -0.3 is 4.74 Å². The summed E-state index contributed by atoms with van der Waals surface area (Å²) in [7, 11) is 0. The lowest BCUT2D eigenvalue weighted by molar-refractivity contribution is 0.0546. The fourth-order valence-electron chi connectivity index (χ4n) is 4.70. The van der Waals surface area contributed by atoms with Crippen LogP contribution in [0.4, 0.5) is 0 Å². The first-order valence-corrected chi connectivity index (χ1v) is 8.93. The molecule has 1 aromatic carbocycles. The molecule has 0 radical (unpaired) electrons. The topological polar surface area (TPSA) is 46.7 Å². The van der Waals surface area contributed by atoms with E-state index in [2.05, 4.69) is 20.8 Å². The molecule has 0 aromatic heterocycles. The van der Waals surface area contributed by atoms with Gasteiger partial charge in [0, 0.05) is 16.5 Å². The first-order chi connectivity index (χ1) is 11.3. The maximum absolute atomic E-state index is 12.1. The third-order valence-electron chi connectivity index (χ3n) is 6.96. The Bertz CT molecular complexity index is 762. The van der Waals surface area contributed by atoms with E-state index in [0.717, 1.165) is 18.4 Å². The average molecular weight is 324 g/mol. The summed E-state index contributed by atoms with van der Waals surface area (Å²) < 4.78 is 6.05. The van der Waals surface area contributed by atoms with Crippen molar-refractivity contribution >= 4 is 11.6 Å². The van der Waals surface area contributed by atoms with E-state index in [1.165, 1.54) is 25.0 Å². The molecule has 1 heterocycles. The first kappa shape index (κ1) is 15.8. The van der Waals surface area contributed by atoms with Gasteiger partial charge in [0.2, 0.25) is 0 Å². The van der Waals surface area contributed by atoms with Crippen LogP contribution in [-0.4, -0.2) is 23.3 Å². The van der Waals surface area contributed by atoms with Crippen molar-refractivity contribution in [1.29, 1.82) is 0 Å². The van der Waals surface area contributed by atoms with E-state index in [4.69, 9.17) is 4.74 Å². The van der Waals surface area contributed by atoms with Crippen molar-refractivity contribution in [3.8, 4) is 0 Å². The van der Waals surface area contributed by atoms with Crippen molar-refractivity contribution in [3.63, 3.8) is 0 Å². The van der Waals surface area contributed by atoms with Gasteiger partial charge in [-0.15, -0.1) is 0 Å². The Morgan fingerprint density at radius 1 is 1.08 bits per heavy atom. The predicted octanol–water partition coefficient (Wildman–Crippen LogP) is 4.15. The van der Waals surface area contributed by atoms with Crippen molar-refractivity contribution in [2.45, 2.75) is 58.2 Å². The highest BCUT2D eigenvalue weighted by Gasteiger charge is 2.66. The van der Waals surface area contributed by atoms with Crippen molar-refractivity contribution < 1.29 is 14.3 Å². The van der Waals surface area contributed by atoms with E-state index in [1.807, 2.05) is 12.1 Å². The monoisotopic (exact) mass is 324 g/mol. The van der Waals surface area contributed by atoms with Crippen LogP contribution >= 0.6 is 0 Å². The summed E-state index contributed by atoms with van der Waals surface area (Å²) in [4.78, 5) is 23.9. The summed E-state index contributed by atoms with van der Waals surface area (Å²) in [5.74, 6) is 0.483. The van der Waals surface area contributed by atoms with Crippen molar-refractivity contribution in [2.75, 3.05) is 0 Å². The minimum Gasteiger partial charge on any atom is -0.366 e. The van der Waals surface area contributed by atoms with Crippen molar-refractivity contribution in [3.05, 3.63) is 47.0 Å². The van der Waals surface area contributed by atoms with Gasteiger partial charge in [-0.25, -0.2) is 0 Å². The number of benzene rings is 1. The zero-order valence-electron chi connectivity index (χ0n) is 14.6. The molecule has 2 aliphatic carbocycles. The molecule has 1 saturated heterocycles. The fourth-order valence-corrected chi connectivity index (χ4v) is 4.70. The first-order valence-electron chi connectivity index (χ1n) is 8.93. The Morgan fingerprint density at radius 3 is 2.54 bits per heavy atom. The van der Waals surface area contributed by atoms with Crippen LogP contribution < -0.4 is 0 Å². The fraction of sp³-hybridized carbons (Fsp3) is 0.524. The van der Waals surface area contributed by atoms with E-state index in [0.29, 0.717) is 23.1 Å². The van der Waals surface area contributed by atoms with E-state index in [1.54, 1.807) is 6.07 Å². The van der Waals surface area contributed by atoms with Gasteiger partial charge in [-0.2, -0.15) is 0 Å². The average Bonchev–Trinajstić information content (AvgIpc) is 3.26. The number of carbonyl (C=O) groups is 2. The number of fused-ring (bicyclic) bond motifs is 2. The Morgan fingerprint density at radius 2 is 1.79 bits per heavy atom. The second-order valence-corrected chi connectivity index (χ2v) is 8.05. The number of ketones is 2. The molecule has 0 amide bonds. The zero-order chi connectivity index (χ0) is 17.1. The van der Waals surface area contributed by atoms with Crippen LogP contribution in [0.3, 0.4) is 0 Å². The van der Waals surface area contributed by atoms with Gasteiger partial charge in [0.25, 0.3) is 0 Å². The molecule has 3 nitrogen and oxygen atoms in total. The minimum absolute atomic E-state index is 0.00734. The van der Waals surface area contributed by atoms with E-state index in [9.17, 15) is 9.59 Å². The molecule has 2 fully saturated rings. The third kappa shape index (κ3) is 2.14. The number of allylic oxidation sites excluding steroid dienone is 2. The Balaban J connectivity index is 1.56. The standard InChI is InChI=1S/C21H24O3/c1-13-4-9-19-21(3,24-19)20(13,2)11-10-14-5-6-15-16(12-14)18(23)8-7-17(15)22/h5-8,12-13,19H,4,9-11H2,1-3H3/t13-,19-,20+,21-/m0/s1. The summed E-state index contributed by atoms with van der Waals surface area (Å²) in [5, 5.41) is 0. The van der Waals surface area contributed by atoms with E-state index in [-0.39, 0.29) is 22.6 Å². The molecule has 0 N–H and O–H groups in total. The Hall–Kier alpha value is -1.74. The molecule has 4 rings (SSSR count). The van der Waals surface area contributed by atoms with Crippen LogP contribution in [0.25, 0.3) is 0 Å².